The van der Waals surface area contributed by atoms with Crippen LogP contribution in [0.2, 0.25) is 0 Å². The molecule has 1 heterocycles. The van der Waals surface area contributed by atoms with E-state index in [1.54, 1.807) is 11.3 Å². The molecule has 0 aliphatic heterocycles. The minimum atomic E-state index is 0.506. The Morgan fingerprint density at radius 1 is 1.54 bits per heavy atom. The molecule has 0 spiro atoms. The van der Waals surface area contributed by atoms with Crippen LogP contribution in [0.1, 0.15) is 24.0 Å². The van der Waals surface area contributed by atoms with E-state index in [9.17, 15) is 0 Å². The van der Waals surface area contributed by atoms with Gasteiger partial charge in [0.2, 0.25) is 0 Å². The molecule has 4 heteroatoms. The lowest BCUT2D eigenvalue weighted by Gasteiger charge is -1.98. The van der Waals surface area contributed by atoms with Gasteiger partial charge in [0.25, 0.3) is 0 Å². The zero-order valence-electron chi connectivity index (χ0n) is 7.75. The quantitative estimate of drug-likeness (QED) is 0.542. The molecular formula is C9H14ClNOS. The minimum absolute atomic E-state index is 0.506. The highest BCUT2D eigenvalue weighted by atomic mass is 35.5. The van der Waals surface area contributed by atoms with Crippen LogP contribution in [-0.4, -0.2) is 18.2 Å². The highest BCUT2D eigenvalue weighted by Crippen LogP contribution is 2.11. The average Bonchev–Trinajstić information content (AvgIpc) is 2.60. The number of alkyl halides is 1. The average molecular weight is 220 g/mol. The molecule has 0 N–H and O–H groups in total. The van der Waals surface area contributed by atoms with Crippen LogP contribution in [0.25, 0.3) is 0 Å². The summed E-state index contributed by atoms with van der Waals surface area (Å²) >= 11 is 7.29. The molecule has 0 atom stereocenters. The molecule has 0 fully saturated rings. The summed E-state index contributed by atoms with van der Waals surface area (Å²) in [4.78, 5) is 4.33. The van der Waals surface area contributed by atoms with Crippen molar-refractivity contribution in [1.29, 1.82) is 0 Å². The molecule has 74 valence electrons. The van der Waals surface area contributed by atoms with E-state index in [0.29, 0.717) is 5.88 Å². The topological polar surface area (TPSA) is 22.1 Å². The largest absolute Gasteiger partial charge is 0.381 e. The van der Waals surface area contributed by atoms with Crippen LogP contribution in [0.15, 0.2) is 5.38 Å². The Balaban J connectivity index is 2.20. The van der Waals surface area contributed by atoms with Crippen LogP contribution in [0.3, 0.4) is 0 Å². The SMILES string of the molecule is CCCOCCc1nc(CCl)cs1. The summed E-state index contributed by atoms with van der Waals surface area (Å²) in [6.07, 6.45) is 1.98. The van der Waals surface area contributed by atoms with Gasteiger partial charge in [0, 0.05) is 18.4 Å². The number of aromatic nitrogens is 1. The summed E-state index contributed by atoms with van der Waals surface area (Å²) in [5.74, 6) is 0.506. The van der Waals surface area contributed by atoms with Gasteiger partial charge >= 0.3 is 0 Å². The standard InChI is InChI=1S/C9H14ClNOS/c1-2-4-12-5-3-9-11-8(6-10)7-13-9/h7H,2-6H2,1H3. The second-order valence-corrected chi connectivity index (χ2v) is 3.94. The van der Waals surface area contributed by atoms with E-state index in [0.717, 1.165) is 36.8 Å². The highest BCUT2D eigenvalue weighted by Gasteiger charge is 2.00. The summed E-state index contributed by atoms with van der Waals surface area (Å²) in [6, 6.07) is 0. The Labute approximate surface area is 87.9 Å². The van der Waals surface area contributed by atoms with Crippen LogP contribution in [0.5, 0.6) is 0 Å². The first-order valence-electron chi connectivity index (χ1n) is 4.43. The van der Waals surface area contributed by atoms with Gasteiger partial charge in [-0.25, -0.2) is 4.98 Å². The maximum atomic E-state index is 5.64. The third-order valence-electron chi connectivity index (χ3n) is 1.54. The lowest BCUT2D eigenvalue weighted by atomic mass is 10.4. The fourth-order valence-electron chi connectivity index (χ4n) is 0.931. The third kappa shape index (κ3) is 4.07. The van der Waals surface area contributed by atoms with Crippen LogP contribution in [0, 0.1) is 0 Å². The Bertz CT molecular complexity index is 239. The second-order valence-electron chi connectivity index (χ2n) is 2.73. The zero-order valence-corrected chi connectivity index (χ0v) is 9.33. The Hall–Kier alpha value is -0.120. The van der Waals surface area contributed by atoms with Gasteiger partial charge in [-0.05, 0) is 6.42 Å². The monoisotopic (exact) mass is 219 g/mol. The van der Waals surface area contributed by atoms with Gasteiger partial charge in [0.1, 0.15) is 0 Å². The lowest BCUT2D eigenvalue weighted by Crippen LogP contribution is -1.99. The van der Waals surface area contributed by atoms with Gasteiger partial charge in [-0.2, -0.15) is 0 Å². The van der Waals surface area contributed by atoms with E-state index < -0.39 is 0 Å². The molecule has 0 aliphatic carbocycles. The number of nitrogens with zero attached hydrogens (tertiary/aromatic N) is 1. The number of thiazole rings is 1. The first kappa shape index (κ1) is 11.0. The maximum Gasteiger partial charge on any atom is 0.0951 e. The van der Waals surface area contributed by atoms with Crippen molar-refractivity contribution in [2.24, 2.45) is 0 Å². The number of halogens is 1. The maximum absolute atomic E-state index is 5.64. The Morgan fingerprint density at radius 2 is 2.38 bits per heavy atom. The van der Waals surface area contributed by atoms with E-state index in [1.165, 1.54) is 0 Å². The van der Waals surface area contributed by atoms with Gasteiger partial charge in [-0.3, -0.25) is 0 Å². The van der Waals surface area contributed by atoms with Crippen molar-refractivity contribution in [3.05, 3.63) is 16.1 Å². The van der Waals surface area contributed by atoms with E-state index in [4.69, 9.17) is 16.3 Å². The molecule has 0 saturated carbocycles. The first-order chi connectivity index (χ1) is 6.36. The lowest BCUT2D eigenvalue weighted by molar-refractivity contribution is 0.138. The van der Waals surface area contributed by atoms with Crippen molar-refractivity contribution in [3.63, 3.8) is 0 Å². The number of ether oxygens (including phenoxy) is 1. The molecule has 1 aromatic heterocycles. The number of hydrogen-bond acceptors (Lipinski definition) is 3. The number of rotatable bonds is 6. The van der Waals surface area contributed by atoms with Crippen LogP contribution in [0.4, 0.5) is 0 Å². The van der Waals surface area contributed by atoms with Gasteiger partial charge in [-0.1, -0.05) is 6.92 Å². The molecule has 1 rings (SSSR count). The molecular weight excluding hydrogens is 206 g/mol. The fraction of sp³-hybridized carbons (Fsp3) is 0.667. The normalized spacial score (nSPS) is 10.6. The van der Waals surface area contributed by atoms with Gasteiger partial charge < -0.3 is 4.74 Å². The first-order valence-corrected chi connectivity index (χ1v) is 5.85. The summed E-state index contributed by atoms with van der Waals surface area (Å²) < 4.78 is 5.36. The predicted molar refractivity (Wildman–Crippen MR) is 56.5 cm³/mol. The van der Waals surface area contributed by atoms with E-state index in [-0.39, 0.29) is 0 Å². The summed E-state index contributed by atoms with van der Waals surface area (Å²) in [7, 11) is 0. The van der Waals surface area contributed by atoms with Crippen molar-refractivity contribution in [3.8, 4) is 0 Å². The Kier molecular flexibility index (Phi) is 5.35. The predicted octanol–water partition coefficient (Wildman–Crippen LogP) is 2.85. The molecule has 0 amide bonds. The molecule has 1 aromatic rings. The second kappa shape index (κ2) is 6.35. The molecule has 0 aliphatic rings. The molecule has 0 unspecified atom stereocenters. The summed E-state index contributed by atoms with van der Waals surface area (Å²) in [5, 5.41) is 3.12. The third-order valence-corrected chi connectivity index (χ3v) is 2.78. The molecule has 0 bridgehead atoms. The minimum Gasteiger partial charge on any atom is -0.381 e. The smallest absolute Gasteiger partial charge is 0.0951 e. The van der Waals surface area contributed by atoms with Gasteiger partial charge in [0.15, 0.2) is 0 Å². The fourth-order valence-corrected chi connectivity index (χ4v) is 1.94. The van der Waals surface area contributed by atoms with E-state index in [1.807, 2.05) is 5.38 Å². The zero-order chi connectivity index (χ0) is 9.52. The van der Waals surface area contributed by atoms with Gasteiger partial charge in [0.05, 0.1) is 23.2 Å². The van der Waals surface area contributed by atoms with Crippen LogP contribution < -0.4 is 0 Å². The van der Waals surface area contributed by atoms with Gasteiger partial charge in [-0.15, -0.1) is 22.9 Å². The van der Waals surface area contributed by atoms with Crippen LogP contribution >= 0.6 is 22.9 Å². The molecule has 0 radical (unpaired) electrons. The molecule has 0 saturated heterocycles. The van der Waals surface area contributed by atoms with Crippen molar-refractivity contribution >= 4 is 22.9 Å². The highest BCUT2D eigenvalue weighted by molar-refractivity contribution is 7.09. The Morgan fingerprint density at radius 3 is 3.00 bits per heavy atom. The molecule has 0 aromatic carbocycles. The van der Waals surface area contributed by atoms with Crippen molar-refractivity contribution in [2.75, 3.05) is 13.2 Å². The summed E-state index contributed by atoms with van der Waals surface area (Å²) in [5.41, 5.74) is 0.970. The van der Waals surface area contributed by atoms with Crippen molar-refractivity contribution in [1.82, 2.24) is 4.98 Å². The molecule has 2 nitrogen and oxygen atoms in total. The number of hydrogen-bond donors (Lipinski definition) is 0. The van der Waals surface area contributed by atoms with Crippen molar-refractivity contribution in [2.45, 2.75) is 25.6 Å². The van der Waals surface area contributed by atoms with E-state index in [2.05, 4.69) is 11.9 Å². The van der Waals surface area contributed by atoms with E-state index >= 15 is 0 Å². The van der Waals surface area contributed by atoms with Crippen LogP contribution in [-0.2, 0) is 17.0 Å². The van der Waals surface area contributed by atoms with Crippen molar-refractivity contribution < 1.29 is 4.74 Å². The summed E-state index contributed by atoms with van der Waals surface area (Å²) in [6.45, 7) is 3.71. The molecule has 13 heavy (non-hydrogen) atoms.